The van der Waals surface area contributed by atoms with Gasteiger partial charge in [-0.2, -0.15) is 5.10 Å². The van der Waals surface area contributed by atoms with Gasteiger partial charge in [-0.15, -0.1) is 0 Å². The number of aryl methyl sites for hydroxylation is 2. The molecule has 0 aliphatic rings. The van der Waals surface area contributed by atoms with Crippen LogP contribution in [0.25, 0.3) is 5.69 Å². The first-order valence-electron chi connectivity index (χ1n) is 8.47. The number of carbonyl (C=O) groups is 1. The first kappa shape index (κ1) is 17.7. The zero-order valence-corrected chi connectivity index (χ0v) is 15.1. The Morgan fingerprint density at radius 3 is 2.65 bits per heavy atom. The Morgan fingerprint density at radius 2 is 1.96 bits per heavy atom. The van der Waals surface area contributed by atoms with Crippen molar-refractivity contribution in [3.05, 3.63) is 71.8 Å². The zero-order valence-electron chi connectivity index (χ0n) is 15.1. The Morgan fingerprint density at radius 1 is 1.19 bits per heavy atom. The van der Waals surface area contributed by atoms with E-state index in [4.69, 9.17) is 4.74 Å². The number of nitrogens with zero attached hydrogens (tertiary/aromatic N) is 3. The third-order valence-corrected chi connectivity index (χ3v) is 4.16. The minimum atomic E-state index is -0.154. The summed E-state index contributed by atoms with van der Waals surface area (Å²) in [5.74, 6) is 0.587. The molecule has 0 radical (unpaired) electrons. The van der Waals surface area contributed by atoms with E-state index in [1.54, 1.807) is 11.0 Å². The van der Waals surface area contributed by atoms with Crippen molar-refractivity contribution in [3.8, 4) is 11.4 Å². The fourth-order valence-electron chi connectivity index (χ4n) is 2.63. The van der Waals surface area contributed by atoms with Gasteiger partial charge in [0, 0.05) is 0 Å². The Labute approximate surface area is 152 Å². The highest BCUT2D eigenvalue weighted by Gasteiger charge is 2.11. The molecule has 0 aliphatic heterocycles. The predicted molar refractivity (Wildman–Crippen MR) is 99.3 cm³/mol. The van der Waals surface area contributed by atoms with Crippen molar-refractivity contribution in [2.75, 3.05) is 6.61 Å². The molecule has 1 N–H and O–H groups in total. The van der Waals surface area contributed by atoms with Gasteiger partial charge >= 0.3 is 0 Å². The van der Waals surface area contributed by atoms with Crippen LogP contribution in [0, 0.1) is 13.8 Å². The zero-order chi connectivity index (χ0) is 18.5. The second-order valence-corrected chi connectivity index (χ2v) is 6.28. The Kier molecular flexibility index (Phi) is 5.31. The molecule has 0 saturated carbocycles. The number of amides is 1. The lowest BCUT2D eigenvalue weighted by atomic mass is 10.1. The first-order valence-corrected chi connectivity index (χ1v) is 8.47. The Balaban J connectivity index is 1.56. The molecule has 0 aliphatic carbocycles. The molecular weight excluding hydrogens is 328 g/mol. The van der Waals surface area contributed by atoms with Crippen molar-refractivity contribution >= 4 is 5.91 Å². The molecule has 1 heterocycles. The smallest absolute Gasteiger partial charge is 0.258 e. The van der Waals surface area contributed by atoms with E-state index in [0.29, 0.717) is 0 Å². The van der Waals surface area contributed by atoms with Crippen LogP contribution in [0.3, 0.4) is 0 Å². The number of ether oxygens (including phenoxy) is 1. The minimum Gasteiger partial charge on any atom is -0.483 e. The first-order chi connectivity index (χ1) is 12.5. The third kappa shape index (κ3) is 4.27. The van der Waals surface area contributed by atoms with Crippen LogP contribution in [-0.4, -0.2) is 27.3 Å². The van der Waals surface area contributed by atoms with E-state index >= 15 is 0 Å². The molecule has 1 amide bonds. The van der Waals surface area contributed by atoms with Gasteiger partial charge in [-0.3, -0.25) is 4.79 Å². The molecule has 134 valence electrons. The second kappa shape index (κ2) is 7.82. The SMILES string of the molecule is Cc1ccc(C)c(OCC(=O)N[C@H](C)c2ccc(-n3cncn3)cc2)c1. The Hall–Kier alpha value is -3.15. The highest BCUT2D eigenvalue weighted by atomic mass is 16.5. The van der Waals surface area contributed by atoms with Crippen LogP contribution >= 0.6 is 0 Å². The van der Waals surface area contributed by atoms with Crippen molar-refractivity contribution in [1.29, 1.82) is 0 Å². The van der Waals surface area contributed by atoms with E-state index in [-0.39, 0.29) is 18.6 Å². The van der Waals surface area contributed by atoms with Crippen LogP contribution in [-0.2, 0) is 4.79 Å². The molecular formula is C20H22N4O2. The maximum Gasteiger partial charge on any atom is 0.258 e. The van der Waals surface area contributed by atoms with Gasteiger partial charge in [0.2, 0.25) is 0 Å². The summed E-state index contributed by atoms with van der Waals surface area (Å²) >= 11 is 0. The molecule has 2 aromatic carbocycles. The van der Waals surface area contributed by atoms with Gasteiger partial charge in [0.25, 0.3) is 5.91 Å². The quantitative estimate of drug-likeness (QED) is 0.741. The lowest BCUT2D eigenvalue weighted by molar-refractivity contribution is -0.123. The molecule has 3 aromatic rings. The van der Waals surface area contributed by atoms with Gasteiger partial charge in [0.1, 0.15) is 18.4 Å². The molecule has 0 saturated heterocycles. The minimum absolute atomic E-state index is 0.00826. The van der Waals surface area contributed by atoms with Crippen molar-refractivity contribution in [1.82, 2.24) is 20.1 Å². The van der Waals surface area contributed by atoms with Crippen molar-refractivity contribution in [2.24, 2.45) is 0 Å². The van der Waals surface area contributed by atoms with E-state index in [9.17, 15) is 4.79 Å². The van der Waals surface area contributed by atoms with Crippen molar-refractivity contribution in [2.45, 2.75) is 26.8 Å². The lowest BCUT2D eigenvalue weighted by Gasteiger charge is -2.16. The van der Waals surface area contributed by atoms with Gasteiger partial charge in [-0.1, -0.05) is 24.3 Å². The molecule has 1 aromatic heterocycles. The second-order valence-electron chi connectivity index (χ2n) is 6.28. The maximum atomic E-state index is 12.2. The van der Waals surface area contributed by atoms with E-state index in [1.807, 2.05) is 63.2 Å². The summed E-state index contributed by atoms with van der Waals surface area (Å²) in [6.45, 7) is 5.90. The number of carbonyl (C=O) groups excluding carboxylic acids is 1. The van der Waals surface area contributed by atoms with Gasteiger partial charge < -0.3 is 10.1 Å². The third-order valence-electron chi connectivity index (χ3n) is 4.16. The Bertz CT molecular complexity index is 873. The number of benzene rings is 2. The molecule has 26 heavy (non-hydrogen) atoms. The number of nitrogens with one attached hydrogen (secondary N) is 1. The van der Waals surface area contributed by atoms with Crippen LogP contribution in [0.1, 0.15) is 29.7 Å². The fourth-order valence-corrected chi connectivity index (χ4v) is 2.63. The van der Waals surface area contributed by atoms with E-state index in [2.05, 4.69) is 15.4 Å². The summed E-state index contributed by atoms with van der Waals surface area (Å²) in [4.78, 5) is 16.1. The highest BCUT2D eigenvalue weighted by molar-refractivity contribution is 5.78. The molecule has 6 heteroatoms. The van der Waals surface area contributed by atoms with Crippen LogP contribution in [0.2, 0.25) is 0 Å². The van der Waals surface area contributed by atoms with Gasteiger partial charge in [-0.05, 0) is 55.7 Å². The molecule has 6 nitrogen and oxygen atoms in total. The summed E-state index contributed by atoms with van der Waals surface area (Å²) in [6, 6.07) is 13.7. The van der Waals surface area contributed by atoms with Crippen LogP contribution in [0.4, 0.5) is 0 Å². The normalized spacial score (nSPS) is 11.8. The number of rotatable bonds is 6. The highest BCUT2D eigenvalue weighted by Crippen LogP contribution is 2.19. The van der Waals surface area contributed by atoms with Gasteiger partial charge in [0.15, 0.2) is 6.61 Å². The largest absolute Gasteiger partial charge is 0.483 e. The standard InChI is InChI=1S/C20H22N4O2/c1-14-4-5-15(2)19(10-14)26-11-20(25)23-16(3)17-6-8-18(9-7-17)24-13-21-12-22-24/h4-10,12-13,16H,11H2,1-3H3,(H,23,25)/t16-/m1/s1. The molecule has 0 unspecified atom stereocenters. The molecule has 0 bridgehead atoms. The van der Waals surface area contributed by atoms with E-state index in [1.165, 1.54) is 6.33 Å². The predicted octanol–water partition coefficient (Wildman–Crippen LogP) is 3.14. The molecule has 3 rings (SSSR count). The van der Waals surface area contributed by atoms with E-state index in [0.717, 1.165) is 28.1 Å². The summed E-state index contributed by atoms with van der Waals surface area (Å²) < 4.78 is 7.34. The summed E-state index contributed by atoms with van der Waals surface area (Å²) in [5, 5.41) is 7.05. The monoisotopic (exact) mass is 350 g/mol. The summed E-state index contributed by atoms with van der Waals surface area (Å²) in [5.41, 5.74) is 4.05. The van der Waals surface area contributed by atoms with E-state index < -0.39 is 0 Å². The van der Waals surface area contributed by atoms with Crippen molar-refractivity contribution in [3.63, 3.8) is 0 Å². The number of hydrogen-bond donors (Lipinski definition) is 1. The van der Waals surface area contributed by atoms with Gasteiger partial charge in [-0.25, -0.2) is 9.67 Å². The summed E-state index contributed by atoms with van der Waals surface area (Å²) in [6.07, 6.45) is 3.14. The number of aromatic nitrogens is 3. The topological polar surface area (TPSA) is 69.0 Å². The van der Waals surface area contributed by atoms with Crippen LogP contribution < -0.4 is 10.1 Å². The number of hydrogen-bond acceptors (Lipinski definition) is 4. The van der Waals surface area contributed by atoms with Crippen molar-refractivity contribution < 1.29 is 9.53 Å². The fraction of sp³-hybridized carbons (Fsp3) is 0.250. The van der Waals surface area contributed by atoms with Crippen LogP contribution in [0.15, 0.2) is 55.1 Å². The van der Waals surface area contributed by atoms with Gasteiger partial charge in [0.05, 0.1) is 11.7 Å². The van der Waals surface area contributed by atoms with Crippen LogP contribution in [0.5, 0.6) is 5.75 Å². The maximum absolute atomic E-state index is 12.2. The molecule has 0 spiro atoms. The summed E-state index contributed by atoms with van der Waals surface area (Å²) in [7, 11) is 0. The lowest BCUT2D eigenvalue weighted by Crippen LogP contribution is -2.31. The molecule has 1 atom stereocenters. The average Bonchev–Trinajstić information content (AvgIpc) is 3.17. The average molecular weight is 350 g/mol. The molecule has 0 fully saturated rings.